The molecule has 0 radical (unpaired) electrons. The van der Waals surface area contributed by atoms with Crippen molar-refractivity contribution >= 4 is 73.9 Å². The molecule has 1 atom stereocenters. The maximum absolute atomic E-state index is 14.1. The molecule has 0 saturated carbocycles. The summed E-state index contributed by atoms with van der Waals surface area (Å²) in [5.41, 5.74) is 1.50. The summed E-state index contributed by atoms with van der Waals surface area (Å²) in [4.78, 5) is 28.6. The van der Waals surface area contributed by atoms with E-state index in [1.807, 2.05) is 20.8 Å². The Morgan fingerprint density at radius 1 is 0.878 bits per heavy atom. The van der Waals surface area contributed by atoms with Gasteiger partial charge in [0.15, 0.2) is 0 Å². The van der Waals surface area contributed by atoms with E-state index in [-0.39, 0.29) is 45.5 Å². The second kappa shape index (κ2) is 14.1. The summed E-state index contributed by atoms with van der Waals surface area (Å²) in [6.07, 6.45) is 0.267. The molecule has 3 rings (SSSR count). The summed E-state index contributed by atoms with van der Waals surface area (Å²) in [5.74, 6) is -1.01. The van der Waals surface area contributed by atoms with Gasteiger partial charge in [-0.1, -0.05) is 77.1 Å². The Labute approximate surface area is 261 Å². The summed E-state index contributed by atoms with van der Waals surface area (Å²) in [7, 11) is -4.27. The zero-order valence-corrected chi connectivity index (χ0v) is 26.8. The first-order chi connectivity index (χ1) is 19.2. The molecule has 0 heterocycles. The number of sulfonamides is 1. The Kier molecular flexibility index (Phi) is 11.4. The van der Waals surface area contributed by atoms with Crippen molar-refractivity contribution in [2.45, 2.75) is 57.6 Å². The zero-order valence-electron chi connectivity index (χ0n) is 23.0. The third kappa shape index (κ3) is 8.52. The zero-order chi connectivity index (χ0) is 30.5. The van der Waals surface area contributed by atoms with Crippen molar-refractivity contribution in [1.82, 2.24) is 10.2 Å². The molecule has 0 saturated heterocycles. The third-order valence-corrected chi connectivity index (χ3v) is 9.01. The lowest BCUT2D eigenvalue weighted by molar-refractivity contribution is -0.140. The first-order valence-corrected chi connectivity index (χ1v) is 15.8. The number of rotatable bonds is 11. The minimum atomic E-state index is -4.27. The molecule has 0 bridgehead atoms. The molecule has 220 valence electrons. The quantitative estimate of drug-likeness (QED) is 0.237. The number of carbonyl (C=O) groups excluding carboxylic acids is 2. The largest absolute Gasteiger partial charge is 0.352 e. The number of aryl methyl sites for hydroxylation is 1. The molecule has 1 N–H and O–H groups in total. The van der Waals surface area contributed by atoms with Crippen LogP contribution in [0.3, 0.4) is 0 Å². The predicted molar refractivity (Wildman–Crippen MR) is 167 cm³/mol. The van der Waals surface area contributed by atoms with Crippen molar-refractivity contribution in [3.05, 3.63) is 91.9 Å². The van der Waals surface area contributed by atoms with Gasteiger partial charge in [0.05, 0.1) is 10.6 Å². The van der Waals surface area contributed by atoms with Gasteiger partial charge in [-0.25, -0.2) is 8.42 Å². The molecule has 0 aliphatic rings. The Hall–Kier alpha value is -2.49. The molecule has 0 aromatic heterocycles. The van der Waals surface area contributed by atoms with Gasteiger partial charge >= 0.3 is 0 Å². The first kappa shape index (κ1) is 33.0. The average molecular weight is 659 g/mol. The molecule has 0 aliphatic carbocycles. The molecule has 12 heteroatoms. The van der Waals surface area contributed by atoms with Crippen LogP contribution >= 0.6 is 46.4 Å². The number of hydrogen-bond donors (Lipinski definition) is 1. The second-order valence-electron chi connectivity index (χ2n) is 9.80. The van der Waals surface area contributed by atoms with Crippen LogP contribution in [0.4, 0.5) is 5.69 Å². The number of amides is 2. The van der Waals surface area contributed by atoms with Crippen molar-refractivity contribution in [3.8, 4) is 0 Å². The smallest absolute Gasteiger partial charge is 0.264 e. The second-order valence-corrected chi connectivity index (χ2v) is 13.4. The van der Waals surface area contributed by atoms with Gasteiger partial charge in [0, 0.05) is 32.7 Å². The Balaban J connectivity index is 2.12. The van der Waals surface area contributed by atoms with Crippen LogP contribution in [0.25, 0.3) is 0 Å². The number of nitrogens with zero attached hydrogens (tertiary/aromatic N) is 2. The summed E-state index contributed by atoms with van der Waals surface area (Å²) in [6.45, 7) is 6.53. The van der Waals surface area contributed by atoms with Crippen LogP contribution in [0.2, 0.25) is 20.1 Å². The topological polar surface area (TPSA) is 86.8 Å². The first-order valence-electron chi connectivity index (χ1n) is 12.8. The highest BCUT2D eigenvalue weighted by atomic mass is 35.5. The lowest BCUT2D eigenvalue weighted by Crippen LogP contribution is -2.53. The van der Waals surface area contributed by atoms with Gasteiger partial charge in [-0.2, -0.15) is 0 Å². The molecule has 3 aromatic carbocycles. The van der Waals surface area contributed by atoms with Crippen LogP contribution in [0.15, 0.2) is 65.6 Å². The van der Waals surface area contributed by atoms with Gasteiger partial charge < -0.3 is 10.2 Å². The highest BCUT2D eigenvalue weighted by molar-refractivity contribution is 7.92. The van der Waals surface area contributed by atoms with Crippen molar-refractivity contribution in [2.24, 2.45) is 0 Å². The fourth-order valence-corrected chi connectivity index (χ4v) is 6.56. The molecule has 0 unspecified atom stereocenters. The van der Waals surface area contributed by atoms with E-state index in [4.69, 9.17) is 46.4 Å². The number of halogens is 4. The van der Waals surface area contributed by atoms with Gasteiger partial charge in [-0.05, 0) is 75.2 Å². The van der Waals surface area contributed by atoms with E-state index in [9.17, 15) is 18.0 Å². The molecule has 41 heavy (non-hydrogen) atoms. The SMILES string of the molecule is CC[C@@H](C(=O)NC(C)C)N(Cc1ccc(Cl)cc1Cl)C(=O)CN(c1cc(Cl)cc(Cl)c1)S(=O)(=O)c1ccc(C)cc1. The van der Waals surface area contributed by atoms with Gasteiger partial charge in [-0.15, -0.1) is 0 Å². The molecule has 0 aliphatic heterocycles. The van der Waals surface area contributed by atoms with E-state index in [1.165, 1.54) is 35.2 Å². The van der Waals surface area contributed by atoms with Gasteiger partial charge in [0.1, 0.15) is 12.6 Å². The van der Waals surface area contributed by atoms with Crippen LogP contribution in [-0.2, 0) is 26.2 Å². The lowest BCUT2D eigenvalue weighted by Gasteiger charge is -2.33. The molecule has 2 amide bonds. The van der Waals surface area contributed by atoms with Crippen LogP contribution < -0.4 is 9.62 Å². The predicted octanol–water partition coefficient (Wildman–Crippen LogP) is 7.14. The van der Waals surface area contributed by atoms with Crippen molar-refractivity contribution < 1.29 is 18.0 Å². The minimum absolute atomic E-state index is 0.0242. The molecule has 7 nitrogen and oxygen atoms in total. The van der Waals surface area contributed by atoms with E-state index in [0.717, 1.165) is 9.87 Å². The maximum atomic E-state index is 14.1. The van der Waals surface area contributed by atoms with Gasteiger partial charge in [0.2, 0.25) is 11.8 Å². The summed E-state index contributed by atoms with van der Waals surface area (Å²) in [5, 5.41) is 3.95. The van der Waals surface area contributed by atoms with E-state index in [2.05, 4.69) is 5.32 Å². The third-order valence-electron chi connectivity index (χ3n) is 6.20. The van der Waals surface area contributed by atoms with E-state index in [1.54, 1.807) is 37.3 Å². The van der Waals surface area contributed by atoms with Gasteiger partial charge in [0.25, 0.3) is 10.0 Å². The normalized spacial score (nSPS) is 12.2. The summed E-state index contributed by atoms with van der Waals surface area (Å²) >= 11 is 25.0. The van der Waals surface area contributed by atoms with Crippen molar-refractivity contribution in [1.29, 1.82) is 0 Å². The van der Waals surface area contributed by atoms with Crippen LogP contribution in [0.1, 0.15) is 38.3 Å². The van der Waals surface area contributed by atoms with Crippen LogP contribution in [0, 0.1) is 6.92 Å². The minimum Gasteiger partial charge on any atom is -0.352 e. The van der Waals surface area contributed by atoms with Gasteiger partial charge in [-0.3, -0.25) is 13.9 Å². The average Bonchev–Trinajstić information content (AvgIpc) is 2.87. The highest BCUT2D eigenvalue weighted by Gasteiger charge is 2.34. The molecule has 3 aromatic rings. The Morgan fingerprint density at radius 3 is 2.02 bits per heavy atom. The van der Waals surface area contributed by atoms with E-state index >= 15 is 0 Å². The fourth-order valence-electron chi connectivity index (χ4n) is 4.18. The standard InChI is InChI=1S/C29H31Cl4N3O4S/c1-5-27(29(38)34-18(2)3)35(16-20-8-9-21(30)15-26(20)33)28(37)17-36(24-13-22(31)12-23(32)14-24)41(39,40)25-10-6-19(4)7-11-25/h6-15,18,27H,5,16-17H2,1-4H3,(H,34,38)/t27-/m0/s1. The molecular formula is C29H31Cl4N3O4S. The maximum Gasteiger partial charge on any atom is 0.264 e. The fraction of sp³-hybridized carbons (Fsp3) is 0.310. The number of nitrogens with one attached hydrogen (secondary N) is 1. The van der Waals surface area contributed by atoms with Crippen molar-refractivity contribution in [2.75, 3.05) is 10.8 Å². The van der Waals surface area contributed by atoms with Crippen molar-refractivity contribution in [3.63, 3.8) is 0 Å². The monoisotopic (exact) mass is 657 g/mol. The molecule has 0 fully saturated rings. The molecule has 0 spiro atoms. The number of carbonyl (C=O) groups is 2. The Bertz CT molecular complexity index is 1490. The number of hydrogen-bond acceptors (Lipinski definition) is 4. The van der Waals surface area contributed by atoms with Crippen LogP contribution in [-0.4, -0.2) is 43.8 Å². The highest BCUT2D eigenvalue weighted by Crippen LogP contribution is 2.31. The van der Waals surface area contributed by atoms with E-state index < -0.39 is 28.5 Å². The van der Waals surface area contributed by atoms with Crippen LogP contribution in [0.5, 0.6) is 0 Å². The van der Waals surface area contributed by atoms with E-state index in [0.29, 0.717) is 15.6 Å². The molecular weight excluding hydrogens is 628 g/mol. The Morgan fingerprint density at radius 2 is 1.49 bits per heavy atom. The summed E-state index contributed by atoms with van der Waals surface area (Å²) in [6, 6.07) is 14.3. The summed E-state index contributed by atoms with van der Waals surface area (Å²) < 4.78 is 28.8. The number of anilines is 1. The number of benzene rings is 3. The lowest BCUT2D eigenvalue weighted by atomic mass is 10.1.